The summed E-state index contributed by atoms with van der Waals surface area (Å²) < 4.78 is 31.0. The zero-order valence-electron chi connectivity index (χ0n) is 11.2. The molecule has 0 radical (unpaired) electrons. The average molecular weight is 309 g/mol. The Balaban J connectivity index is 3.06. The Morgan fingerprint density at radius 1 is 1.26 bits per heavy atom. The van der Waals surface area contributed by atoms with Crippen molar-refractivity contribution in [2.75, 3.05) is 0 Å². The first-order chi connectivity index (χ1) is 8.63. The predicted octanol–water partition coefficient (Wildman–Crippen LogP) is 1.76. The van der Waals surface area contributed by atoms with Gasteiger partial charge in [-0.25, -0.2) is 13.1 Å². The van der Waals surface area contributed by atoms with Gasteiger partial charge in [0.2, 0.25) is 10.3 Å². The molecule has 0 aliphatic heterocycles. The minimum atomic E-state index is -3.80. The van der Waals surface area contributed by atoms with Crippen molar-refractivity contribution in [1.82, 2.24) is 10.0 Å². The number of rotatable bonds is 5. The highest BCUT2D eigenvalue weighted by atomic mass is 35.5. The molecular weight excluding hydrogens is 292 g/mol. The molecule has 2 N–H and O–H groups in total. The number of carbonyl (C=O) groups is 1. The molecule has 0 saturated heterocycles. The summed E-state index contributed by atoms with van der Waals surface area (Å²) in [4.78, 5) is 11.8. The van der Waals surface area contributed by atoms with Gasteiger partial charge in [0.05, 0.1) is 5.56 Å². The monoisotopic (exact) mass is 308 g/mol. The van der Waals surface area contributed by atoms with Gasteiger partial charge in [0, 0.05) is 18.2 Å². The molecule has 1 amide bonds. The van der Waals surface area contributed by atoms with Gasteiger partial charge in [0.25, 0.3) is 15.9 Å². The van der Waals surface area contributed by atoms with E-state index in [1.165, 1.54) is 0 Å². The molecule has 108 valence electrons. The Labute approximate surface area is 117 Å². The van der Waals surface area contributed by atoms with E-state index in [0.29, 0.717) is 0 Å². The van der Waals surface area contributed by atoms with Crippen LogP contribution >= 0.6 is 11.6 Å². The number of hydrogen-bond donors (Lipinski definition) is 2. The summed E-state index contributed by atoms with van der Waals surface area (Å²) in [5, 5.41) is 1.98. The SMILES string of the molecule is CC(C)NC(=O)c1cc(S(=O)(=O)NC(C)C)oc1Cl. The molecule has 19 heavy (non-hydrogen) atoms. The normalized spacial score (nSPS) is 12.2. The van der Waals surface area contributed by atoms with Crippen LogP contribution in [-0.4, -0.2) is 26.4 Å². The summed E-state index contributed by atoms with van der Waals surface area (Å²) in [6.07, 6.45) is 0. The zero-order chi connectivity index (χ0) is 14.8. The summed E-state index contributed by atoms with van der Waals surface area (Å²) >= 11 is 5.75. The average Bonchev–Trinajstić information content (AvgIpc) is 2.57. The smallest absolute Gasteiger partial charge is 0.274 e. The lowest BCUT2D eigenvalue weighted by Crippen LogP contribution is -2.30. The van der Waals surface area contributed by atoms with Crippen LogP contribution in [0.15, 0.2) is 15.6 Å². The lowest BCUT2D eigenvalue weighted by molar-refractivity contribution is 0.0942. The summed E-state index contributed by atoms with van der Waals surface area (Å²) in [6, 6.07) is 0.735. The largest absolute Gasteiger partial charge is 0.431 e. The molecule has 0 spiro atoms. The van der Waals surface area contributed by atoms with Gasteiger partial charge in [-0.05, 0) is 39.3 Å². The summed E-state index contributed by atoms with van der Waals surface area (Å²) in [7, 11) is -3.80. The van der Waals surface area contributed by atoms with Crippen molar-refractivity contribution < 1.29 is 17.6 Å². The highest BCUT2D eigenvalue weighted by Crippen LogP contribution is 2.24. The number of furan rings is 1. The van der Waals surface area contributed by atoms with Crippen LogP contribution in [0.5, 0.6) is 0 Å². The molecule has 0 aliphatic rings. The van der Waals surface area contributed by atoms with Crippen LogP contribution in [0.3, 0.4) is 0 Å². The van der Waals surface area contributed by atoms with E-state index in [-0.39, 0.29) is 28.0 Å². The third kappa shape index (κ3) is 4.22. The Bertz CT molecular complexity index is 563. The Morgan fingerprint density at radius 3 is 2.32 bits per heavy atom. The minimum Gasteiger partial charge on any atom is -0.431 e. The van der Waals surface area contributed by atoms with E-state index >= 15 is 0 Å². The topological polar surface area (TPSA) is 88.4 Å². The van der Waals surface area contributed by atoms with E-state index in [2.05, 4.69) is 10.0 Å². The van der Waals surface area contributed by atoms with Crippen LogP contribution in [0.2, 0.25) is 5.22 Å². The summed E-state index contributed by atoms with van der Waals surface area (Å²) in [5.41, 5.74) is -0.000465. The first-order valence-electron chi connectivity index (χ1n) is 5.76. The molecule has 1 rings (SSSR count). The maximum atomic E-state index is 11.9. The summed E-state index contributed by atoms with van der Waals surface area (Å²) in [5.74, 6) is -0.477. The standard InChI is InChI=1S/C11H17ClN2O4S/c1-6(2)13-11(15)8-5-9(18-10(8)12)19(16,17)14-7(3)4/h5-7,14H,1-4H3,(H,13,15). The molecule has 0 atom stereocenters. The first-order valence-corrected chi connectivity index (χ1v) is 7.62. The van der Waals surface area contributed by atoms with Crippen LogP contribution in [0.1, 0.15) is 38.1 Å². The quantitative estimate of drug-likeness (QED) is 0.867. The second kappa shape index (κ2) is 5.94. The zero-order valence-corrected chi connectivity index (χ0v) is 12.7. The number of sulfonamides is 1. The second-order valence-corrected chi connectivity index (χ2v) is 6.65. The Kier molecular flexibility index (Phi) is 5.00. The highest BCUT2D eigenvalue weighted by Gasteiger charge is 2.25. The van der Waals surface area contributed by atoms with Gasteiger partial charge < -0.3 is 9.73 Å². The second-order valence-electron chi connectivity index (χ2n) is 4.66. The van der Waals surface area contributed by atoms with Crippen LogP contribution in [-0.2, 0) is 10.0 Å². The fourth-order valence-electron chi connectivity index (χ4n) is 1.34. The fourth-order valence-corrected chi connectivity index (χ4v) is 2.81. The number of hydrogen-bond acceptors (Lipinski definition) is 4. The number of halogens is 1. The molecule has 0 bridgehead atoms. The lowest BCUT2D eigenvalue weighted by Gasteiger charge is -2.06. The fraction of sp³-hybridized carbons (Fsp3) is 0.545. The van der Waals surface area contributed by atoms with Crippen molar-refractivity contribution in [1.29, 1.82) is 0 Å². The van der Waals surface area contributed by atoms with Gasteiger partial charge in [-0.1, -0.05) is 0 Å². The number of amides is 1. The molecule has 0 aromatic carbocycles. The van der Waals surface area contributed by atoms with Gasteiger partial charge in [0.15, 0.2) is 0 Å². The Hall–Kier alpha value is -1.05. The molecule has 0 unspecified atom stereocenters. The first kappa shape index (κ1) is 16.0. The van der Waals surface area contributed by atoms with Gasteiger partial charge >= 0.3 is 0 Å². The predicted molar refractivity (Wildman–Crippen MR) is 71.8 cm³/mol. The molecule has 1 heterocycles. The van der Waals surface area contributed by atoms with E-state index < -0.39 is 15.9 Å². The van der Waals surface area contributed by atoms with Crippen molar-refractivity contribution in [2.24, 2.45) is 0 Å². The Morgan fingerprint density at radius 2 is 1.84 bits per heavy atom. The highest BCUT2D eigenvalue weighted by molar-refractivity contribution is 7.89. The number of nitrogens with one attached hydrogen (secondary N) is 2. The van der Waals surface area contributed by atoms with Gasteiger partial charge in [-0.3, -0.25) is 4.79 Å². The van der Waals surface area contributed by atoms with E-state index in [1.54, 1.807) is 27.7 Å². The van der Waals surface area contributed by atoms with Crippen molar-refractivity contribution in [3.05, 3.63) is 16.8 Å². The van der Waals surface area contributed by atoms with Gasteiger partial charge in [-0.15, -0.1) is 0 Å². The lowest BCUT2D eigenvalue weighted by atomic mass is 10.3. The van der Waals surface area contributed by atoms with E-state index in [9.17, 15) is 13.2 Å². The third-order valence-electron chi connectivity index (χ3n) is 1.98. The van der Waals surface area contributed by atoms with Crippen molar-refractivity contribution in [2.45, 2.75) is 44.9 Å². The molecule has 6 nitrogen and oxygen atoms in total. The molecular formula is C11H17ClN2O4S. The van der Waals surface area contributed by atoms with Crippen molar-refractivity contribution >= 4 is 27.5 Å². The minimum absolute atomic E-state index is 0.000465. The van der Waals surface area contributed by atoms with Crippen molar-refractivity contribution in [3.63, 3.8) is 0 Å². The molecule has 1 aromatic heterocycles. The van der Waals surface area contributed by atoms with E-state index in [0.717, 1.165) is 6.07 Å². The van der Waals surface area contributed by atoms with E-state index in [4.69, 9.17) is 16.0 Å². The van der Waals surface area contributed by atoms with Crippen LogP contribution in [0.4, 0.5) is 0 Å². The molecule has 0 aliphatic carbocycles. The molecule has 1 aromatic rings. The molecule has 8 heteroatoms. The van der Waals surface area contributed by atoms with Crippen LogP contribution < -0.4 is 10.0 Å². The maximum absolute atomic E-state index is 11.9. The van der Waals surface area contributed by atoms with Crippen LogP contribution in [0.25, 0.3) is 0 Å². The van der Waals surface area contributed by atoms with Gasteiger partial charge in [-0.2, -0.15) is 0 Å². The maximum Gasteiger partial charge on any atom is 0.274 e. The molecule has 0 saturated carbocycles. The third-order valence-corrected chi connectivity index (χ3v) is 3.78. The van der Waals surface area contributed by atoms with Crippen LogP contribution in [0, 0.1) is 0 Å². The van der Waals surface area contributed by atoms with E-state index in [1.807, 2.05) is 0 Å². The molecule has 0 fully saturated rings. The van der Waals surface area contributed by atoms with Crippen molar-refractivity contribution in [3.8, 4) is 0 Å². The van der Waals surface area contributed by atoms with Gasteiger partial charge in [0.1, 0.15) is 0 Å². The summed E-state index contributed by atoms with van der Waals surface area (Å²) in [6.45, 7) is 6.91. The number of carbonyl (C=O) groups excluding carboxylic acids is 1.